The third-order valence-corrected chi connectivity index (χ3v) is 4.46. The third kappa shape index (κ3) is 2.84. The van der Waals surface area contributed by atoms with E-state index in [1.54, 1.807) is 49.1 Å². The van der Waals surface area contributed by atoms with Crippen LogP contribution in [0.1, 0.15) is 12.1 Å². The van der Waals surface area contributed by atoms with Crippen LogP contribution in [0.25, 0.3) is 16.5 Å². The molecule has 0 amide bonds. The Morgan fingerprint density at radius 1 is 0.900 bits per heavy atom. The molecule has 5 heterocycles. The van der Waals surface area contributed by atoms with Crippen LogP contribution in [0.15, 0.2) is 49.1 Å². The van der Waals surface area contributed by atoms with Crippen LogP contribution in [0.4, 0.5) is 5.82 Å². The van der Waals surface area contributed by atoms with Crippen molar-refractivity contribution in [1.82, 2.24) is 39.1 Å². The van der Waals surface area contributed by atoms with Gasteiger partial charge in [-0.2, -0.15) is 19.7 Å². The van der Waals surface area contributed by atoms with Crippen LogP contribution in [0.3, 0.4) is 0 Å². The van der Waals surface area contributed by atoms with Crippen molar-refractivity contribution in [3.05, 3.63) is 66.2 Å². The van der Waals surface area contributed by atoms with Crippen LogP contribution in [0.2, 0.25) is 0 Å². The van der Waals surface area contributed by atoms with Crippen LogP contribution in [-0.2, 0) is 15.5 Å². The summed E-state index contributed by atoms with van der Waals surface area (Å²) in [5.74, 6) is 1.27. The molecule has 0 aromatic carbocycles. The highest BCUT2D eigenvalue weighted by atomic mass is 16.7. The van der Waals surface area contributed by atoms with Crippen molar-refractivity contribution in [2.75, 3.05) is 13.2 Å². The quantitative estimate of drug-likeness (QED) is 0.474. The molecular formula is C18H14N10O2. The van der Waals surface area contributed by atoms with E-state index in [1.165, 1.54) is 18.7 Å². The van der Waals surface area contributed by atoms with E-state index in [0.29, 0.717) is 30.5 Å². The zero-order chi connectivity index (χ0) is 20.6. The molecule has 12 nitrogen and oxygen atoms in total. The highest BCUT2D eigenvalue weighted by Gasteiger charge is 2.42. The van der Waals surface area contributed by atoms with Crippen LogP contribution >= 0.6 is 0 Å². The second kappa shape index (κ2) is 6.97. The Morgan fingerprint density at radius 3 is 2.10 bits per heavy atom. The lowest BCUT2D eigenvalue weighted by Gasteiger charge is -2.36. The Bertz CT molecular complexity index is 1180. The average molecular weight is 402 g/mol. The molecule has 4 aromatic rings. The molecule has 4 aromatic heterocycles. The zero-order valence-electron chi connectivity index (χ0n) is 15.5. The summed E-state index contributed by atoms with van der Waals surface area (Å²) in [6.45, 7) is 7.97. The summed E-state index contributed by atoms with van der Waals surface area (Å²) in [6, 6.07) is 7.24. The first-order valence-electron chi connectivity index (χ1n) is 9.02. The SMILES string of the molecule is [C-]#[N+]c1ccn(-c2ccn(C3(n4ccc(-n5ccc(C#N)n5)n4)OCCCO3)n2)n1. The number of aromatic nitrogens is 8. The van der Waals surface area contributed by atoms with Gasteiger partial charge in [-0.1, -0.05) is 6.57 Å². The van der Waals surface area contributed by atoms with Gasteiger partial charge in [-0.3, -0.25) is 0 Å². The van der Waals surface area contributed by atoms with Gasteiger partial charge in [-0.05, 0) is 23.7 Å². The largest absolute Gasteiger partial charge is 0.381 e. The molecule has 0 aliphatic carbocycles. The number of nitrogens with zero attached hydrogens (tertiary/aromatic N) is 10. The predicted octanol–water partition coefficient (Wildman–Crippen LogP) is 1.43. The van der Waals surface area contributed by atoms with Gasteiger partial charge in [0, 0.05) is 36.9 Å². The minimum absolute atomic E-state index is 0.275. The van der Waals surface area contributed by atoms with Gasteiger partial charge in [0.1, 0.15) is 6.07 Å². The molecule has 148 valence electrons. The number of ether oxygens (including phenoxy) is 2. The maximum atomic E-state index is 8.98. The predicted molar refractivity (Wildman–Crippen MR) is 99.6 cm³/mol. The zero-order valence-corrected chi connectivity index (χ0v) is 15.5. The molecule has 0 unspecified atom stereocenters. The minimum Gasteiger partial charge on any atom is -0.359 e. The standard InChI is InChI=1S/C18H14N10O2/c1-20-15-4-8-26(22-15)17-6-10-28(24-17)18(29-11-2-12-30-18)27-9-5-16(23-27)25-7-3-14(13-19)21-25/h3-10H,2,11-12H2. The first kappa shape index (κ1) is 17.8. The summed E-state index contributed by atoms with van der Waals surface area (Å²) in [6.07, 6.45) is 7.44. The lowest BCUT2D eigenvalue weighted by molar-refractivity contribution is -0.347. The molecule has 12 heteroatoms. The fourth-order valence-electron chi connectivity index (χ4n) is 3.08. The summed E-state index contributed by atoms with van der Waals surface area (Å²) in [5.41, 5.74) is 0.291. The lowest BCUT2D eigenvalue weighted by atomic mass is 10.4. The minimum atomic E-state index is -1.42. The number of hydrogen-bond acceptors (Lipinski definition) is 7. The summed E-state index contributed by atoms with van der Waals surface area (Å²) >= 11 is 0. The molecule has 0 saturated carbocycles. The van der Waals surface area contributed by atoms with Crippen molar-refractivity contribution in [3.63, 3.8) is 0 Å². The molecule has 0 spiro atoms. The van der Waals surface area contributed by atoms with Crippen molar-refractivity contribution in [3.8, 4) is 17.7 Å². The van der Waals surface area contributed by atoms with Gasteiger partial charge in [-0.15, -0.1) is 14.9 Å². The van der Waals surface area contributed by atoms with Crippen LogP contribution in [0.5, 0.6) is 0 Å². The smallest absolute Gasteiger partial charge is 0.359 e. The molecular weight excluding hydrogens is 388 g/mol. The van der Waals surface area contributed by atoms with E-state index in [0.717, 1.165) is 6.42 Å². The summed E-state index contributed by atoms with van der Waals surface area (Å²) < 4.78 is 18.0. The third-order valence-electron chi connectivity index (χ3n) is 4.46. The lowest BCUT2D eigenvalue weighted by Crippen LogP contribution is -2.50. The van der Waals surface area contributed by atoms with Gasteiger partial charge >= 0.3 is 6.03 Å². The highest BCUT2D eigenvalue weighted by Crippen LogP contribution is 2.27. The van der Waals surface area contributed by atoms with Crippen molar-refractivity contribution < 1.29 is 9.47 Å². The summed E-state index contributed by atoms with van der Waals surface area (Å²) in [7, 11) is 0. The maximum absolute atomic E-state index is 8.98. The van der Waals surface area contributed by atoms with E-state index in [4.69, 9.17) is 21.3 Å². The number of rotatable bonds is 4. The molecule has 1 aliphatic rings. The van der Waals surface area contributed by atoms with E-state index >= 15 is 0 Å². The second-order valence-corrected chi connectivity index (χ2v) is 6.32. The van der Waals surface area contributed by atoms with Gasteiger partial charge in [0.05, 0.1) is 13.2 Å². The van der Waals surface area contributed by atoms with Crippen molar-refractivity contribution in [2.45, 2.75) is 12.5 Å². The maximum Gasteiger partial charge on any atom is 0.381 e. The first-order valence-corrected chi connectivity index (χ1v) is 9.02. The molecule has 5 rings (SSSR count). The molecule has 0 bridgehead atoms. The van der Waals surface area contributed by atoms with E-state index in [1.807, 2.05) is 6.07 Å². The Morgan fingerprint density at radius 2 is 1.53 bits per heavy atom. The molecule has 1 saturated heterocycles. The highest BCUT2D eigenvalue weighted by molar-refractivity contribution is 5.35. The first-order chi connectivity index (χ1) is 14.7. The Labute approximate surface area is 169 Å². The summed E-state index contributed by atoms with van der Waals surface area (Å²) in [5, 5.41) is 26.4. The average Bonchev–Trinajstić information content (AvgIpc) is 3.58. The van der Waals surface area contributed by atoms with E-state index in [-0.39, 0.29) is 5.82 Å². The number of nitriles is 1. The fraction of sp³-hybridized carbons (Fsp3) is 0.222. The van der Waals surface area contributed by atoms with E-state index in [2.05, 4.69) is 25.2 Å². The van der Waals surface area contributed by atoms with E-state index < -0.39 is 6.03 Å². The fourth-order valence-corrected chi connectivity index (χ4v) is 3.08. The van der Waals surface area contributed by atoms with Gasteiger partial charge in [0.15, 0.2) is 17.3 Å². The van der Waals surface area contributed by atoms with Crippen molar-refractivity contribution in [1.29, 1.82) is 5.26 Å². The Kier molecular flexibility index (Phi) is 4.14. The van der Waals surface area contributed by atoms with Crippen LogP contribution in [-0.4, -0.2) is 52.3 Å². The van der Waals surface area contributed by atoms with Gasteiger partial charge in [-0.25, -0.2) is 4.68 Å². The van der Waals surface area contributed by atoms with Gasteiger partial charge in [0.25, 0.3) is 5.82 Å². The normalized spacial score (nSPS) is 15.5. The molecule has 0 N–H and O–H groups in total. The molecule has 0 radical (unpaired) electrons. The molecule has 1 aliphatic heterocycles. The topological polar surface area (TPSA) is 118 Å². The van der Waals surface area contributed by atoms with Crippen LogP contribution in [0, 0.1) is 17.9 Å². The van der Waals surface area contributed by atoms with Crippen molar-refractivity contribution in [2.24, 2.45) is 0 Å². The van der Waals surface area contributed by atoms with E-state index in [9.17, 15) is 0 Å². The van der Waals surface area contributed by atoms with Gasteiger partial charge in [0.2, 0.25) is 0 Å². The Hall–Kier alpha value is -4.26. The molecule has 30 heavy (non-hydrogen) atoms. The van der Waals surface area contributed by atoms with Crippen LogP contribution < -0.4 is 0 Å². The van der Waals surface area contributed by atoms with Gasteiger partial charge < -0.3 is 14.3 Å². The summed E-state index contributed by atoms with van der Waals surface area (Å²) in [4.78, 5) is 3.31. The molecule has 0 atom stereocenters. The monoisotopic (exact) mass is 402 g/mol. The van der Waals surface area contributed by atoms with Crippen molar-refractivity contribution >= 4 is 5.82 Å². The Balaban J connectivity index is 1.53. The second-order valence-electron chi connectivity index (χ2n) is 6.32. The molecule has 1 fully saturated rings. The number of hydrogen-bond donors (Lipinski definition) is 0.